The largest absolute Gasteiger partial charge is 0.301 e. The van der Waals surface area contributed by atoms with Crippen LogP contribution >= 0.6 is 11.3 Å². The van der Waals surface area contributed by atoms with Crippen molar-refractivity contribution in [3.05, 3.63) is 95.1 Å². The Labute approximate surface area is 173 Å². The Morgan fingerprint density at radius 2 is 1.52 bits per heavy atom. The van der Waals surface area contributed by atoms with Crippen LogP contribution in [0.2, 0.25) is 0 Å². The van der Waals surface area contributed by atoms with Crippen molar-refractivity contribution in [2.75, 3.05) is 5.32 Å². The molecule has 0 spiro atoms. The summed E-state index contributed by atoms with van der Waals surface area (Å²) in [7, 11) is 0. The van der Waals surface area contributed by atoms with E-state index in [-0.39, 0.29) is 17.7 Å². The van der Waals surface area contributed by atoms with Gasteiger partial charge in [-0.3, -0.25) is 4.79 Å². The van der Waals surface area contributed by atoms with Crippen LogP contribution < -0.4 is 5.32 Å². The van der Waals surface area contributed by atoms with Crippen molar-refractivity contribution in [2.24, 2.45) is 5.41 Å². The highest BCUT2D eigenvalue weighted by atomic mass is 32.1. The molecular formula is C25H20N2OS. The maximum atomic E-state index is 13.6. The molecular weight excluding hydrogens is 376 g/mol. The number of anilines is 1. The predicted molar refractivity (Wildman–Crippen MR) is 118 cm³/mol. The standard InChI is InChI=1S/C25H20N2OS/c1-25(23(28)27-24-26-20-12-6-7-13-21(20)29-24)14-19-15-8-2-4-10-17(15)22(25)18-11-5-3-9-16(18)19/h2-13,19,22H,14H2,1H3,(H,26,27,28)/t19?,22?,25-/m1/s1. The SMILES string of the molecule is C[C@@]1(C(=O)Nc2nc3ccccc3s2)CC2c3ccccc3C1c1ccccc12. The number of fused-ring (bicyclic) bond motifs is 2. The molecule has 3 aliphatic rings. The highest BCUT2D eigenvalue weighted by Crippen LogP contribution is 2.61. The van der Waals surface area contributed by atoms with Crippen LogP contribution in [-0.2, 0) is 4.79 Å². The summed E-state index contributed by atoms with van der Waals surface area (Å²) < 4.78 is 1.09. The molecule has 1 atom stereocenters. The number of amides is 1. The van der Waals surface area contributed by atoms with Gasteiger partial charge in [-0.25, -0.2) is 4.98 Å². The number of aromatic nitrogens is 1. The Hall–Kier alpha value is -2.98. The van der Waals surface area contributed by atoms with E-state index in [1.165, 1.54) is 33.6 Å². The molecule has 3 aliphatic carbocycles. The lowest BCUT2D eigenvalue weighted by Gasteiger charge is -2.50. The van der Waals surface area contributed by atoms with Gasteiger partial charge in [-0.05, 0) is 47.7 Å². The highest BCUT2D eigenvalue weighted by Gasteiger charge is 2.53. The van der Waals surface area contributed by atoms with E-state index in [1.807, 2.05) is 24.3 Å². The van der Waals surface area contributed by atoms with Gasteiger partial charge in [0.25, 0.3) is 0 Å². The second-order valence-electron chi connectivity index (χ2n) is 8.31. The zero-order valence-electron chi connectivity index (χ0n) is 16.1. The number of nitrogens with one attached hydrogen (secondary N) is 1. The lowest BCUT2D eigenvalue weighted by atomic mass is 9.52. The molecule has 1 aromatic heterocycles. The number of carbonyl (C=O) groups excluding carboxylic acids is 1. The van der Waals surface area contributed by atoms with E-state index < -0.39 is 5.41 Å². The number of nitrogens with zero attached hydrogens (tertiary/aromatic N) is 1. The Kier molecular flexibility index (Phi) is 3.51. The van der Waals surface area contributed by atoms with E-state index in [9.17, 15) is 4.79 Å². The predicted octanol–water partition coefficient (Wildman–Crippen LogP) is 5.92. The van der Waals surface area contributed by atoms with Crippen molar-refractivity contribution in [2.45, 2.75) is 25.2 Å². The molecule has 0 radical (unpaired) electrons. The molecule has 4 aromatic rings. The van der Waals surface area contributed by atoms with Gasteiger partial charge >= 0.3 is 0 Å². The van der Waals surface area contributed by atoms with Crippen LogP contribution in [-0.4, -0.2) is 10.9 Å². The lowest BCUT2D eigenvalue weighted by molar-refractivity contribution is -0.126. The molecule has 0 aliphatic heterocycles. The number of benzene rings is 3. The summed E-state index contributed by atoms with van der Waals surface area (Å²) in [5.41, 5.74) is 5.76. The molecule has 2 bridgehead atoms. The molecule has 3 aromatic carbocycles. The van der Waals surface area contributed by atoms with Crippen LogP contribution in [0.4, 0.5) is 5.13 Å². The summed E-state index contributed by atoms with van der Waals surface area (Å²) >= 11 is 1.54. The minimum atomic E-state index is -0.509. The Morgan fingerprint density at radius 1 is 0.931 bits per heavy atom. The fraction of sp³-hybridized carbons (Fsp3) is 0.200. The average molecular weight is 397 g/mol. The Morgan fingerprint density at radius 3 is 2.17 bits per heavy atom. The van der Waals surface area contributed by atoms with Crippen molar-refractivity contribution in [1.82, 2.24) is 4.98 Å². The van der Waals surface area contributed by atoms with E-state index >= 15 is 0 Å². The van der Waals surface area contributed by atoms with E-state index in [0.29, 0.717) is 5.13 Å². The monoisotopic (exact) mass is 396 g/mol. The lowest BCUT2D eigenvalue weighted by Crippen LogP contribution is -2.47. The molecule has 1 N–H and O–H groups in total. The summed E-state index contributed by atoms with van der Waals surface area (Å²) in [6.45, 7) is 2.12. The second kappa shape index (κ2) is 6.01. The molecule has 7 rings (SSSR count). The summed E-state index contributed by atoms with van der Waals surface area (Å²) in [4.78, 5) is 18.2. The van der Waals surface area contributed by atoms with Crippen LogP contribution in [0.15, 0.2) is 72.8 Å². The van der Waals surface area contributed by atoms with Crippen LogP contribution in [0, 0.1) is 5.41 Å². The quantitative estimate of drug-likeness (QED) is 0.457. The zero-order chi connectivity index (χ0) is 19.6. The van der Waals surface area contributed by atoms with Gasteiger partial charge in [-0.2, -0.15) is 0 Å². The van der Waals surface area contributed by atoms with Crippen molar-refractivity contribution in [3.8, 4) is 0 Å². The molecule has 0 fully saturated rings. The first-order valence-electron chi connectivity index (χ1n) is 10.00. The average Bonchev–Trinajstić information content (AvgIpc) is 3.16. The van der Waals surface area contributed by atoms with Gasteiger partial charge in [0.2, 0.25) is 5.91 Å². The number of hydrogen-bond acceptors (Lipinski definition) is 3. The molecule has 29 heavy (non-hydrogen) atoms. The maximum Gasteiger partial charge on any atom is 0.233 e. The van der Waals surface area contributed by atoms with Crippen LogP contribution in [0.1, 0.15) is 47.4 Å². The molecule has 0 saturated heterocycles. The summed E-state index contributed by atoms with van der Waals surface area (Å²) in [6.07, 6.45) is 0.822. The zero-order valence-corrected chi connectivity index (χ0v) is 16.9. The van der Waals surface area contributed by atoms with Gasteiger partial charge in [0.1, 0.15) is 0 Å². The fourth-order valence-electron chi connectivity index (χ4n) is 5.35. The van der Waals surface area contributed by atoms with Crippen molar-refractivity contribution in [1.29, 1.82) is 0 Å². The fourth-order valence-corrected chi connectivity index (χ4v) is 6.22. The summed E-state index contributed by atoms with van der Waals surface area (Å²) in [5.74, 6) is 0.392. The smallest absolute Gasteiger partial charge is 0.233 e. The van der Waals surface area contributed by atoms with Gasteiger partial charge in [-0.15, -0.1) is 0 Å². The number of rotatable bonds is 2. The minimum Gasteiger partial charge on any atom is -0.301 e. The minimum absolute atomic E-state index is 0.0641. The normalized spacial score (nSPS) is 24.2. The van der Waals surface area contributed by atoms with Crippen LogP contribution in [0.3, 0.4) is 0 Å². The Bertz CT molecular complexity index is 1200. The van der Waals surface area contributed by atoms with Crippen molar-refractivity contribution >= 4 is 32.6 Å². The van der Waals surface area contributed by atoms with Gasteiger partial charge in [0.15, 0.2) is 5.13 Å². The topological polar surface area (TPSA) is 42.0 Å². The van der Waals surface area contributed by atoms with Gasteiger partial charge in [-0.1, -0.05) is 72.0 Å². The third-order valence-electron chi connectivity index (χ3n) is 6.66. The van der Waals surface area contributed by atoms with E-state index in [0.717, 1.165) is 16.6 Å². The maximum absolute atomic E-state index is 13.6. The molecule has 0 saturated carbocycles. The number of thiazole rings is 1. The Balaban J connectivity index is 1.44. The molecule has 0 unspecified atom stereocenters. The third kappa shape index (κ3) is 2.36. The molecule has 1 heterocycles. The summed E-state index contributed by atoms with van der Waals surface area (Å²) in [5, 5.41) is 3.84. The first-order chi connectivity index (χ1) is 14.1. The number of para-hydroxylation sites is 1. The van der Waals surface area contributed by atoms with E-state index in [2.05, 4.69) is 65.8 Å². The molecule has 1 amide bonds. The molecule has 3 nitrogen and oxygen atoms in total. The van der Waals surface area contributed by atoms with Crippen LogP contribution in [0.25, 0.3) is 10.2 Å². The molecule has 4 heteroatoms. The third-order valence-corrected chi connectivity index (χ3v) is 7.62. The molecule has 142 valence electrons. The van der Waals surface area contributed by atoms with Gasteiger partial charge in [0.05, 0.1) is 15.6 Å². The first-order valence-corrected chi connectivity index (χ1v) is 10.8. The van der Waals surface area contributed by atoms with Crippen LogP contribution in [0.5, 0.6) is 0 Å². The van der Waals surface area contributed by atoms with Crippen molar-refractivity contribution in [3.63, 3.8) is 0 Å². The van der Waals surface area contributed by atoms with Gasteiger partial charge in [0, 0.05) is 11.8 Å². The highest BCUT2D eigenvalue weighted by molar-refractivity contribution is 7.22. The van der Waals surface area contributed by atoms with E-state index in [4.69, 9.17) is 0 Å². The number of carbonyl (C=O) groups is 1. The van der Waals surface area contributed by atoms with E-state index in [1.54, 1.807) is 0 Å². The van der Waals surface area contributed by atoms with Crippen molar-refractivity contribution < 1.29 is 4.79 Å². The first kappa shape index (κ1) is 16.9. The number of hydrogen-bond donors (Lipinski definition) is 1. The van der Waals surface area contributed by atoms with Gasteiger partial charge < -0.3 is 5.32 Å². The summed E-state index contributed by atoms with van der Waals surface area (Å²) in [6, 6.07) is 25.3. The second-order valence-corrected chi connectivity index (χ2v) is 9.34.